The highest BCUT2D eigenvalue weighted by atomic mass is 35.5. The van der Waals surface area contributed by atoms with Gasteiger partial charge in [-0.05, 0) is 18.0 Å². The first kappa shape index (κ1) is 12.1. The Morgan fingerprint density at radius 1 is 1.53 bits per heavy atom. The maximum atomic E-state index is 9.17. The van der Waals surface area contributed by atoms with Crippen molar-refractivity contribution in [2.45, 2.75) is 19.4 Å². The molecule has 0 aliphatic carbocycles. The average Bonchev–Trinajstić information content (AvgIpc) is 2.68. The second-order valence-electron chi connectivity index (χ2n) is 3.78. The van der Waals surface area contributed by atoms with E-state index < -0.39 is 0 Å². The minimum atomic E-state index is -0.0515. The summed E-state index contributed by atoms with van der Waals surface area (Å²) >= 11 is 5.86. The highest BCUT2D eigenvalue weighted by Crippen LogP contribution is 2.22. The number of hydrogen-bond acceptors (Lipinski definition) is 5. The Morgan fingerprint density at radius 3 is 2.94 bits per heavy atom. The van der Waals surface area contributed by atoms with Gasteiger partial charge in [0, 0.05) is 7.05 Å². The second-order valence-corrected chi connectivity index (χ2v) is 4.12. The topological polar surface area (TPSA) is 75.9 Å². The summed E-state index contributed by atoms with van der Waals surface area (Å²) in [5.74, 6) is 0.606. The first-order chi connectivity index (χ1) is 8.15. The van der Waals surface area contributed by atoms with E-state index >= 15 is 0 Å². The molecule has 0 amide bonds. The van der Waals surface area contributed by atoms with Gasteiger partial charge in [-0.15, -0.1) is 0 Å². The number of hydrogen-bond donors (Lipinski definition) is 2. The predicted molar refractivity (Wildman–Crippen MR) is 66.1 cm³/mol. The van der Waals surface area contributed by atoms with E-state index in [1.54, 1.807) is 17.9 Å². The van der Waals surface area contributed by atoms with Gasteiger partial charge in [0.05, 0.1) is 24.2 Å². The minimum absolute atomic E-state index is 0.0415. The Labute approximate surface area is 104 Å². The van der Waals surface area contributed by atoms with Gasteiger partial charge in [-0.1, -0.05) is 6.92 Å². The molecule has 0 aliphatic heterocycles. The van der Waals surface area contributed by atoms with Crippen LogP contribution in [0.3, 0.4) is 0 Å². The van der Waals surface area contributed by atoms with Gasteiger partial charge in [0.2, 0.25) is 5.28 Å². The quantitative estimate of drug-likeness (QED) is 0.803. The van der Waals surface area contributed by atoms with Crippen LogP contribution in [-0.2, 0) is 7.05 Å². The van der Waals surface area contributed by atoms with Crippen LogP contribution in [0.15, 0.2) is 6.20 Å². The molecule has 17 heavy (non-hydrogen) atoms. The zero-order valence-electron chi connectivity index (χ0n) is 9.68. The summed E-state index contributed by atoms with van der Waals surface area (Å²) in [5, 5.41) is 17.4. The van der Waals surface area contributed by atoms with Crippen LogP contribution >= 0.6 is 11.6 Å². The van der Waals surface area contributed by atoms with Crippen molar-refractivity contribution in [3.63, 3.8) is 0 Å². The van der Waals surface area contributed by atoms with Crippen molar-refractivity contribution in [1.82, 2.24) is 19.7 Å². The van der Waals surface area contributed by atoms with Crippen molar-refractivity contribution >= 4 is 28.5 Å². The van der Waals surface area contributed by atoms with Crippen LogP contribution in [0.2, 0.25) is 5.28 Å². The summed E-state index contributed by atoms with van der Waals surface area (Å²) in [6.45, 7) is 2.02. The molecule has 0 aromatic carbocycles. The van der Waals surface area contributed by atoms with Gasteiger partial charge in [0.15, 0.2) is 5.65 Å². The third-order valence-electron chi connectivity index (χ3n) is 2.62. The normalized spacial score (nSPS) is 12.9. The van der Waals surface area contributed by atoms with Crippen LogP contribution in [-0.4, -0.2) is 37.5 Å². The van der Waals surface area contributed by atoms with E-state index in [-0.39, 0.29) is 17.9 Å². The van der Waals surface area contributed by atoms with Crippen LogP contribution in [0.25, 0.3) is 11.0 Å². The lowest BCUT2D eigenvalue weighted by molar-refractivity contribution is 0.271. The van der Waals surface area contributed by atoms with Crippen molar-refractivity contribution in [1.29, 1.82) is 0 Å². The molecule has 0 aliphatic rings. The highest BCUT2D eigenvalue weighted by Gasteiger charge is 2.13. The van der Waals surface area contributed by atoms with Crippen molar-refractivity contribution < 1.29 is 5.11 Å². The third kappa shape index (κ3) is 2.32. The van der Waals surface area contributed by atoms with Crippen molar-refractivity contribution in [2.24, 2.45) is 7.05 Å². The summed E-state index contributed by atoms with van der Waals surface area (Å²) in [5.41, 5.74) is 0.667. The number of aromatic nitrogens is 4. The Bertz CT molecular complexity index is 523. The minimum Gasteiger partial charge on any atom is -0.394 e. The van der Waals surface area contributed by atoms with Gasteiger partial charge in [-0.3, -0.25) is 4.68 Å². The van der Waals surface area contributed by atoms with E-state index in [9.17, 15) is 5.11 Å². The average molecular weight is 256 g/mol. The summed E-state index contributed by atoms with van der Waals surface area (Å²) in [4.78, 5) is 8.24. The van der Waals surface area contributed by atoms with Crippen LogP contribution in [0.4, 0.5) is 5.82 Å². The van der Waals surface area contributed by atoms with E-state index in [2.05, 4.69) is 20.4 Å². The van der Waals surface area contributed by atoms with Gasteiger partial charge in [0.1, 0.15) is 5.82 Å². The molecule has 2 aromatic heterocycles. The monoisotopic (exact) mass is 255 g/mol. The number of nitrogens with zero attached hydrogens (tertiary/aromatic N) is 4. The fourth-order valence-corrected chi connectivity index (χ4v) is 1.74. The number of aryl methyl sites for hydroxylation is 1. The number of fused-ring (bicyclic) bond motifs is 1. The number of rotatable bonds is 4. The first-order valence-electron chi connectivity index (χ1n) is 5.38. The van der Waals surface area contributed by atoms with E-state index in [0.717, 1.165) is 11.8 Å². The molecular formula is C10H14ClN5O. The lowest BCUT2D eigenvalue weighted by Gasteiger charge is -2.15. The maximum Gasteiger partial charge on any atom is 0.226 e. The molecule has 2 heterocycles. The summed E-state index contributed by atoms with van der Waals surface area (Å²) < 4.78 is 1.63. The number of nitrogens with one attached hydrogen (secondary N) is 1. The molecule has 0 radical (unpaired) electrons. The Hall–Kier alpha value is -1.40. The zero-order valence-corrected chi connectivity index (χ0v) is 10.4. The molecule has 2 N–H and O–H groups in total. The van der Waals surface area contributed by atoms with Crippen molar-refractivity contribution in [3.05, 3.63) is 11.5 Å². The lowest BCUT2D eigenvalue weighted by atomic mass is 10.2. The van der Waals surface area contributed by atoms with Crippen LogP contribution < -0.4 is 5.32 Å². The fourth-order valence-electron chi connectivity index (χ4n) is 1.58. The van der Waals surface area contributed by atoms with Crippen molar-refractivity contribution in [3.8, 4) is 0 Å². The molecule has 1 atom stereocenters. The SMILES string of the molecule is CCC(CO)Nc1nc(Cl)nc2c1cnn2C. The fraction of sp³-hybridized carbons (Fsp3) is 0.500. The lowest BCUT2D eigenvalue weighted by Crippen LogP contribution is -2.23. The largest absolute Gasteiger partial charge is 0.394 e. The van der Waals surface area contributed by atoms with Gasteiger partial charge in [-0.2, -0.15) is 15.1 Å². The molecule has 0 spiro atoms. The zero-order chi connectivity index (χ0) is 12.4. The molecule has 0 bridgehead atoms. The van der Waals surface area contributed by atoms with Crippen LogP contribution in [0.5, 0.6) is 0 Å². The summed E-state index contributed by atoms with van der Waals surface area (Å²) in [7, 11) is 1.79. The van der Waals surface area contributed by atoms with Crippen LogP contribution in [0, 0.1) is 0 Å². The predicted octanol–water partition coefficient (Wildman–Crippen LogP) is 1.20. The van der Waals surface area contributed by atoms with E-state index in [4.69, 9.17) is 11.6 Å². The maximum absolute atomic E-state index is 9.17. The van der Waals surface area contributed by atoms with Gasteiger partial charge in [-0.25, -0.2) is 0 Å². The van der Waals surface area contributed by atoms with Crippen molar-refractivity contribution in [2.75, 3.05) is 11.9 Å². The molecule has 2 aromatic rings. The molecule has 0 saturated heterocycles. The number of aliphatic hydroxyl groups is 1. The van der Waals surface area contributed by atoms with Gasteiger partial charge >= 0.3 is 0 Å². The molecule has 7 heteroatoms. The molecule has 1 unspecified atom stereocenters. The third-order valence-corrected chi connectivity index (χ3v) is 2.79. The van der Waals surface area contributed by atoms with E-state index in [0.29, 0.717) is 11.5 Å². The number of anilines is 1. The molecule has 0 fully saturated rings. The molecule has 2 rings (SSSR count). The molecule has 92 valence electrons. The molecular weight excluding hydrogens is 242 g/mol. The molecule has 6 nitrogen and oxygen atoms in total. The summed E-state index contributed by atoms with van der Waals surface area (Å²) in [6, 6.07) is -0.0515. The highest BCUT2D eigenvalue weighted by molar-refractivity contribution is 6.28. The molecule has 0 saturated carbocycles. The second kappa shape index (κ2) is 4.85. The van der Waals surface area contributed by atoms with Gasteiger partial charge < -0.3 is 10.4 Å². The standard InChI is InChI=1S/C10H14ClN5O/c1-3-6(5-17)13-8-7-4-12-16(2)9(7)15-10(11)14-8/h4,6,17H,3,5H2,1-2H3,(H,13,14,15). The van der Waals surface area contributed by atoms with Gasteiger partial charge in [0.25, 0.3) is 0 Å². The Balaban J connectivity index is 2.45. The Kier molecular flexibility index (Phi) is 3.44. The number of aliphatic hydroxyl groups excluding tert-OH is 1. The van der Waals surface area contributed by atoms with E-state index in [1.807, 2.05) is 6.92 Å². The smallest absolute Gasteiger partial charge is 0.226 e. The van der Waals surface area contributed by atoms with E-state index in [1.165, 1.54) is 0 Å². The Morgan fingerprint density at radius 2 is 2.29 bits per heavy atom. The first-order valence-corrected chi connectivity index (χ1v) is 5.76. The van der Waals surface area contributed by atoms with Crippen LogP contribution in [0.1, 0.15) is 13.3 Å². The summed E-state index contributed by atoms with van der Waals surface area (Å²) in [6.07, 6.45) is 2.47. The number of halogens is 1.